The van der Waals surface area contributed by atoms with Gasteiger partial charge in [0, 0.05) is 39.3 Å². The van der Waals surface area contributed by atoms with Crippen molar-refractivity contribution in [2.24, 2.45) is 0 Å². The van der Waals surface area contributed by atoms with Crippen LogP contribution in [0.1, 0.15) is 38.3 Å². The summed E-state index contributed by atoms with van der Waals surface area (Å²) in [4.78, 5) is 18.5. The average molecular weight is 348 g/mol. The standard InChI is InChI=1S/C20H33N3O2/c1-20(2,3)25-19(24)22(6)13-16-7-9-17(10-8-16)14-23-12-11-18(15-23)21(4)5/h7-10,18H,11-15H2,1-6H3/t18-/m0/s1. The molecule has 1 atom stereocenters. The highest BCUT2D eigenvalue weighted by molar-refractivity contribution is 5.67. The largest absolute Gasteiger partial charge is 0.444 e. The Bertz CT molecular complexity index is 563. The van der Waals surface area contributed by atoms with Gasteiger partial charge in [-0.05, 0) is 52.4 Å². The summed E-state index contributed by atoms with van der Waals surface area (Å²) in [5, 5.41) is 0. The highest BCUT2D eigenvalue weighted by atomic mass is 16.6. The van der Waals surface area contributed by atoms with Crippen molar-refractivity contribution in [2.45, 2.75) is 51.9 Å². The molecule has 0 saturated carbocycles. The lowest BCUT2D eigenvalue weighted by Crippen LogP contribution is -2.33. The molecule has 1 fully saturated rings. The fraction of sp³-hybridized carbons (Fsp3) is 0.650. The number of ether oxygens (including phenoxy) is 1. The monoisotopic (exact) mass is 347 g/mol. The average Bonchev–Trinajstić information content (AvgIpc) is 2.96. The Morgan fingerprint density at radius 1 is 1.16 bits per heavy atom. The molecular formula is C20H33N3O2. The van der Waals surface area contributed by atoms with Gasteiger partial charge in [0.1, 0.15) is 5.60 Å². The Hall–Kier alpha value is -1.59. The molecule has 0 N–H and O–H groups in total. The van der Waals surface area contributed by atoms with E-state index < -0.39 is 5.60 Å². The normalized spacial score (nSPS) is 18.6. The smallest absolute Gasteiger partial charge is 0.410 e. The van der Waals surface area contributed by atoms with Gasteiger partial charge in [-0.25, -0.2) is 4.79 Å². The van der Waals surface area contributed by atoms with Gasteiger partial charge in [-0.15, -0.1) is 0 Å². The zero-order chi connectivity index (χ0) is 18.6. The highest BCUT2D eigenvalue weighted by Gasteiger charge is 2.23. The highest BCUT2D eigenvalue weighted by Crippen LogP contribution is 2.17. The minimum Gasteiger partial charge on any atom is -0.444 e. The molecule has 0 unspecified atom stereocenters. The van der Waals surface area contributed by atoms with Gasteiger partial charge in [0.05, 0.1) is 0 Å². The van der Waals surface area contributed by atoms with E-state index in [4.69, 9.17) is 4.74 Å². The fourth-order valence-electron chi connectivity index (χ4n) is 3.06. The van der Waals surface area contributed by atoms with Crippen molar-refractivity contribution in [1.29, 1.82) is 0 Å². The van der Waals surface area contributed by atoms with Crippen LogP contribution < -0.4 is 0 Å². The Kier molecular flexibility index (Phi) is 6.47. The molecule has 0 bridgehead atoms. The number of carbonyl (C=O) groups is 1. The van der Waals surface area contributed by atoms with Gasteiger partial charge in [0.15, 0.2) is 0 Å². The number of hydrogen-bond donors (Lipinski definition) is 0. The van der Waals surface area contributed by atoms with E-state index in [9.17, 15) is 4.79 Å². The van der Waals surface area contributed by atoms with Crippen LogP contribution in [0.5, 0.6) is 0 Å². The molecule has 0 spiro atoms. The quantitative estimate of drug-likeness (QED) is 0.820. The van der Waals surface area contributed by atoms with Crippen LogP contribution in [0.4, 0.5) is 4.79 Å². The predicted octanol–water partition coefficient (Wildman–Crippen LogP) is 3.19. The van der Waals surface area contributed by atoms with Gasteiger partial charge in [0.2, 0.25) is 0 Å². The van der Waals surface area contributed by atoms with E-state index in [1.807, 2.05) is 20.8 Å². The van der Waals surface area contributed by atoms with Crippen molar-refractivity contribution in [1.82, 2.24) is 14.7 Å². The summed E-state index contributed by atoms with van der Waals surface area (Å²) < 4.78 is 5.39. The van der Waals surface area contributed by atoms with Crippen molar-refractivity contribution in [3.8, 4) is 0 Å². The first-order valence-electron chi connectivity index (χ1n) is 9.05. The molecule has 1 aliphatic rings. The molecule has 1 aromatic rings. The molecule has 0 aliphatic carbocycles. The second-order valence-corrected chi connectivity index (χ2v) is 8.29. The number of hydrogen-bond acceptors (Lipinski definition) is 4. The number of rotatable bonds is 5. The Labute approximate surface area is 152 Å². The van der Waals surface area contributed by atoms with Crippen molar-refractivity contribution < 1.29 is 9.53 Å². The van der Waals surface area contributed by atoms with E-state index in [2.05, 4.69) is 48.2 Å². The first kappa shape index (κ1) is 19.7. The molecule has 0 aromatic heterocycles. The van der Waals surface area contributed by atoms with Gasteiger partial charge in [-0.2, -0.15) is 0 Å². The topological polar surface area (TPSA) is 36.0 Å². The number of nitrogens with zero attached hydrogens (tertiary/aromatic N) is 3. The van der Waals surface area contributed by atoms with Gasteiger partial charge >= 0.3 is 6.09 Å². The van der Waals surface area contributed by atoms with Crippen molar-refractivity contribution in [3.63, 3.8) is 0 Å². The number of amides is 1. The summed E-state index contributed by atoms with van der Waals surface area (Å²) in [5.74, 6) is 0. The maximum Gasteiger partial charge on any atom is 0.410 e. The van der Waals surface area contributed by atoms with Gasteiger partial charge in [-0.1, -0.05) is 24.3 Å². The van der Waals surface area contributed by atoms with Crippen LogP contribution >= 0.6 is 0 Å². The first-order valence-corrected chi connectivity index (χ1v) is 9.05. The Morgan fingerprint density at radius 2 is 1.76 bits per heavy atom. The fourth-order valence-corrected chi connectivity index (χ4v) is 3.06. The third-order valence-electron chi connectivity index (χ3n) is 4.53. The summed E-state index contributed by atoms with van der Waals surface area (Å²) in [5.41, 5.74) is 1.97. The summed E-state index contributed by atoms with van der Waals surface area (Å²) in [6.45, 7) is 9.49. The lowest BCUT2D eigenvalue weighted by Gasteiger charge is -2.24. The summed E-state index contributed by atoms with van der Waals surface area (Å²) >= 11 is 0. The lowest BCUT2D eigenvalue weighted by molar-refractivity contribution is 0.0285. The van der Waals surface area contributed by atoms with Gasteiger partial charge < -0.3 is 14.5 Å². The molecule has 0 radical (unpaired) electrons. The van der Waals surface area contributed by atoms with Crippen molar-refractivity contribution >= 4 is 6.09 Å². The molecule has 1 saturated heterocycles. The van der Waals surface area contributed by atoms with Crippen LogP contribution in [0.2, 0.25) is 0 Å². The molecule has 5 nitrogen and oxygen atoms in total. The second kappa shape index (κ2) is 8.19. The molecule has 1 heterocycles. The predicted molar refractivity (Wildman–Crippen MR) is 102 cm³/mol. The summed E-state index contributed by atoms with van der Waals surface area (Å²) in [6, 6.07) is 9.22. The maximum atomic E-state index is 12.0. The molecule has 2 rings (SSSR count). The Morgan fingerprint density at radius 3 is 2.28 bits per heavy atom. The van der Waals surface area contributed by atoms with Crippen LogP contribution in [-0.4, -0.2) is 66.7 Å². The minimum absolute atomic E-state index is 0.289. The molecule has 5 heteroatoms. The van der Waals surface area contributed by atoms with Gasteiger partial charge in [0.25, 0.3) is 0 Å². The van der Waals surface area contributed by atoms with Crippen molar-refractivity contribution in [2.75, 3.05) is 34.2 Å². The van der Waals surface area contributed by atoms with Crippen LogP contribution in [0.15, 0.2) is 24.3 Å². The van der Waals surface area contributed by atoms with Crippen molar-refractivity contribution in [3.05, 3.63) is 35.4 Å². The summed E-state index contributed by atoms with van der Waals surface area (Å²) in [7, 11) is 6.09. The van der Waals surface area contributed by atoms with Crippen LogP contribution in [0, 0.1) is 0 Å². The summed E-state index contributed by atoms with van der Waals surface area (Å²) in [6.07, 6.45) is 0.953. The second-order valence-electron chi connectivity index (χ2n) is 8.29. The third kappa shape index (κ3) is 6.33. The molecule has 1 amide bonds. The van der Waals surface area contributed by atoms with Crippen LogP contribution in [0.25, 0.3) is 0 Å². The van der Waals surface area contributed by atoms with E-state index >= 15 is 0 Å². The molecule has 1 aliphatic heterocycles. The SMILES string of the molecule is CN(Cc1ccc(CN2CC[C@H](N(C)C)C2)cc1)C(=O)OC(C)(C)C. The molecule has 140 valence electrons. The first-order chi connectivity index (χ1) is 11.6. The number of carbonyl (C=O) groups excluding carboxylic acids is 1. The van der Waals surface area contributed by atoms with E-state index in [0.717, 1.165) is 25.2 Å². The number of likely N-dealkylation sites (tertiary alicyclic amines) is 1. The van der Waals surface area contributed by atoms with E-state index in [1.54, 1.807) is 11.9 Å². The molecular weight excluding hydrogens is 314 g/mol. The zero-order valence-electron chi connectivity index (χ0n) is 16.6. The number of benzene rings is 1. The number of likely N-dealkylation sites (N-methyl/N-ethyl adjacent to an activating group) is 1. The van der Waals surface area contributed by atoms with E-state index in [1.165, 1.54) is 12.0 Å². The van der Waals surface area contributed by atoms with Gasteiger partial charge in [-0.3, -0.25) is 4.90 Å². The maximum absolute atomic E-state index is 12.0. The minimum atomic E-state index is -0.463. The van der Waals surface area contributed by atoms with E-state index in [-0.39, 0.29) is 6.09 Å². The van der Waals surface area contributed by atoms with E-state index in [0.29, 0.717) is 12.6 Å². The zero-order valence-corrected chi connectivity index (χ0v) is 16.6. The molecule has 25 heavy (non-hydrogen) atoms. The van der Waals surface area contributed by atoms with Crippen LogP contribution in [0.3, 0.4) is 0 Å². The third-order valence-corrected chi connectivity index (χ3v) is 4.53. The van der Waals surface area contributed by atoms with Crippen LogP contribution in [-0.2, 0) is 17.8 Å². The Balaban J connectivity index is 1.84. The lowest BCUT2D eigenvalue weighted by atomic mass is 10.1. The molecule has 1 aromatic carbocycles.